The van der Waals surface area contributed by atoms with E-state index in [1.54, 1.807) is 0 Å². The molecule has 1 N–H and O–H groups in total. The highest BCUT2D eigenvalue weighted by Crippen LogP contribution is 2.36. The maximum absolute atomic E-state index is 5.63. The Hall–Kier alpha value is -0.670. The molecule has 0 saturated carbocycles. The van der Waals surface area contributed by atoms with Crippen LogP contribution in [0.25, 0.3) is 0 Å². The van der Waals surface area contributed by atoms with Crippen LogP contribution in [0.4, 0.5) is 0 Å². The van der Waals surface area contributed by atoms with E-state index in [1.807, 2.05) is 30.3 Å². The largest absolute Gasteiger partial charge is 0.492 e. The van der Waals surface area contributed by atoms with Crippen molar-refractivity contribution in [2.24, 2.45) is 0 Å². The van der Waals surface area contributed by atoms with Crippen molar-refractivity contribution in [3.63, 3.8) is 0 Å². The number of nitrogens with one attached hydrogen (secondary N) is 1. The summed E-state index contributed by atoms with van der Waals surface area (Å²) in [6.45, 7) is 5.11. The molecule has 0 aliphatic carbocycles. The fraction of sp³-hybridized carbons (Fsp3) is 0.571. The number of rotatable bonds is 6. The number of hydrogen-bond donors (Lipinski definition) is 1. The van der Waals surface area contributed by atoms with Gasteiger partial charge in [0.25, 0.3) is 0 Å². The highest BCUT2D eigenvalue weighted by Gasteiger charge is 2.28. The lowest BCUT2D eigenvalue weighted by Gasteiger charge is -2.22. The van der Waals surface area contributed by atoms with Crippen molar-refractivity contribution in [2.45, 2.75) is 24.5 Å². The van der Waals surface area contributed by atoms with Gasteiger partial charge in [0.15, 0.2) is 0 Å². The molecular formula is C14H21NOS. The minimum Gasteiger partial charge on any atom is -0.492 e. The van der Waals surface area contributed by atoms with Crippen LogP contribution in [0.1, 0.15) is 19.8 Å². The number of para-hydroxylation sites is 1. The van der Waals surface area contributed by atoms with Crippen LogP contribution in [-0.2, 0) is 0 Å². The van der Waals surface area contributed by atoms with Crippen LogP contribution in [0.5, 0.6) is 5.75 Å². The molecule has 1 saturated heterocycles. The Morgan fingerprint density at radius 3 is 2.88 bits per heavy atom. The Labute approximate surface area is 108 Å². The van der Waals surface area contributed by atoms with E-state index in [2.05, 4.69) is 24.0 Å². The van der Waals surface area contributed by atoms with Gasteiger partial charge in [-0.3, -0.25) is 0 Å². The summed E-state index contributed by atoms with van der Waals surface area (Å²) in [4.78, 5) is 0. The summed E-state index contributed by atoms with van der Waals surface area (Å²) in [6.07, 6.45) is 2.70. The van der Waals surface area contributed by atoms with E-state index in [9.17, 15) is 0 Å². The minimum atomic E-state index is 0.451. The number of benzene rings is 1. The summed E-state index contributed by atoms with van der Waals surface area (Å²) >= 11 is 2.10. The molecule has 1 aromatic carbocycles. The van der Waals surface area contributed by atoms with Crippen LogP contribution < -0.4 is 10.1 Å². The van der Waals surface area contributed by atoms with E-state index >= 15 is 0 Å². The third kappa shape index (κ3) is 4.25. The van der Waals surface area contributed by atoms with Gasteiger partial charge in [0.2, 0.25) is 0 Å². The van der Waals surface area contributed by atoms with Crippen molar-refractivity contribution in [2.75, 3.05) is 25.4 Å². The van der Waals surface area contributed by atoms with Crippen molar-refractivity contribution >= 4 is 11.8 Å². The van der Waals surface area contributed by atoms with Crippen molar-refractivity contribution in [3.05, 3.63) is 30.3 Å². The molecule has 1 aromatic rings. The zero-order valence-electron chi connectivity index (χ0n) is 10.4. The predicted molar refractivity (Wildman–Crippen MR) is 74.9 cm³/mol. The third-order valence-corrected chi connectivity index (χ3v) is 4.63. The van der Waals surface area contributed by atoms with E-state index in [0.717, 1.165) is 25.4 Å². The van der Waals surface area contributed by atoms with Crippen LogP contribution in [0, 0.1) is 0 Å². The Bertz CT molecular complexity index is 322. The smallest absolute Gasteiger partial charge is 0.119 e. The molecule has 17 heavy (non-hydrogen) atoms. The van der Waals surface area contributed by atoms with Gasteiger partial charge in [-0.05, 0) is 37.7 Å². The zero-order chi connectivity index (χ0) is 12.0. The Kier molecular flexibility index (Phi) is 4.75. The maximum Gasteiger partial charge on any atom is 0.119 e. The lowest BCUT2D eigenvalue weighted by atomic mass is 10.1. The van der Waals surface area contributed by atoms with Gasteiger partial charge in [-0.1, -0.05) is 18.2 Å². The molecule has 0 aromatic heterocycles. The topological polar surface area (TPSA) is 21.3 Å². The molecule has 0 bridgehead atoms. The first-order chi connectivity index (χ1) is 8.29. The van der Waals surface area contributed by atoms with E-state index < -0.39 is 0 Å². The van der Waals surface area contributed by atoms with E-state index in [0.29, 0.717) is 4.75 Å². The molecule has 1 atom stereocenters. The van der Waals surface area contributed by atoms with E-state index in [4.69, 9.17) is 4.74 Å². The summed E-state index contributed by atoms with van der Waals surface area (Å²) < 4.78 is 6.09. The van der Waals surface area contributed by atoms with Crippen LogP contribution >= 0.6 is 11.8 Å². The Morgan fingerprint density at radius 1 is 1.35 bits per heavy atom. The lowest BCUT2D eigenvalue weighted by Crippen LogP contribution is -2.35. The monoisotopic (exact) mass is 251 g/mol. The number of hydrogen-bond acceptors (Lipinski definition) is 3. The van der Waals surface area contributed by atoms with Crippen molar-refractivity contribution < 1.29 is 4.74 Å². The lowest BCUT2D eigenvalue weighted by molar-refractivity contribution is 0.311. The molecule has 0 amide bonds. The summed E-state index contributed by atoms with van der Waals surface area (Å²) in [7, 11) is 0. The van der Waals surface area contributed by atoms with Crippen molar-refractivity contribution in [1.82, 2.24) is 5.32 Å². The van der Waals surface area contributed by atoms with E-state index in [-0.39, 0.29) is 0 Å². The minimum absolute atomic E-state index is 0.451. The highest BCUT2D eigenvalue weighted by atomic mass is 32.2. The van der Waals surface area contributed by atoms with Gasteiger partial charge in [0.05, 0.1) is 0 Å². The molecule has 0 radical (unpaired) electrons. The first kappa shape index (κ1) is 12.8. The van der Waals surface area contributed by atoms with Gasteiger partial charge >= 0.3 is 0 Å². The standard InChI is InChI=1S/C14H21NOS/c1-14(8-5-11-17-14)12-15-9-10-16-13-6-3-2-4-7-13/h2-4,6-7,15H,5,8-12H2,1H3. The molecule has 1 aliphatic rings. The summed E-state index contributed by atoms with van der Waals surface area (Å²) in [6, 6.07) is 9.99. The summed E-state index contributed by atoms with van der Waals surface area (Å²) in [5.41, 5.74) is 0. The second kappa shape index (κ2) is 6.31. The predicted octanol–water partition coefficient (Wildman–Crippen LogP) is 2.94. The molecule has 3 heteroatoms. The van der Waals surface area contributed by atoms with Gasteiger partial charge < -0.3 is 10.1 Å². The quantitative estimate of drug-likeness (QED) is 0.786. The molecule has 1 heterocycles. The van der Waals surface area contributed by atoms with Crippen LogP contribution in [0.3, 0.4) is 0 Å². The number of thioether (sulfide) groups is 1. The van der Waals surface area contributed by atoms with Crippen LogP contribution in [0.2, 0.25) is 0 Å². The Morgan fingerprint density at radius 2 is 2.18 bits per heavy atom. The second-order valence-electron chi connectivity index (χ2n) is 4.74. The van der Waals surface area contributed by atoms with Gasteiger partial charge in [-0.15, -0.1) is 0 Å². The highest BCUT2D eigenvalue weighted by molar-refractivity contribution is 8.00. The molecule has 2 nitrogen and oxygen atoms in total. The zero-order valence-corrected chi connectivity index (χ0v) is 11.3. The average Bonchev–Trinajstić information content (AvgIpc) is 2.77. The van der Waals surface area contributed by atoms with Gasteiger partial charge in [-0.2, -0.15) is 11.8 Å². The first-order valence-corrected chi connectivity index (χ1v) is 7.30. The Balaban J connectivity index is 1.58. The van der Waals surface area contributed by atoms with Crippen molar-refractivity contribution in [1.29, 1.82) is 0 Å². The molecule has 1 fully saturated rings. The average molecular weight is 251 g/mol. The maximum atomic E-state index is 5.63. The van der Waals surface area contributed by atoms with Gasteiger partial charge in [0, 0.05) is 17.8 Å². The normalized spacial score (nSPS) is 23.8. The molecule has 94 valence electrons. The van der Waals surface area contributed by atoms with Crippen molar-refractivity contribution in [3.8, 4) is 5.75 Å². The first-order valence-electron chi connectivity index (χ1n) is 6.31. The second-order valence-corrected chi connectivity index (χ2v) is 6.42. The molecular weight excluding hydrogens is 230 g/mol. The van der Waals surface area contributed by atoms with E-state index in [1.165, 1.54) is 18.6 Å². The SMILES string of the molecule is CC1(CNCCOc2ccccc2)CCCS1. The number of ether oxygens (including phenoxy) is 1. The third-order valence-electron chi connectivity index (χ3n) is 3.09. The van der Waals surface area contributed by atoms with Crippen LogP contribution in [-0.4, -0.2) is 30.2 Å². The fourth-order valence-electron chi connectivity index (χ4n) is 2.09. The van der Waals surface area contributed by atoms with Gasteiger partial charge in [-0.25, -0.2) is 0 Å². The fourth-order valence-corrected chi connectivity index (χ4v) is 3.36. The molecule has 2 rings (SSSR count). The summed E-state index contributed by atoms with van der Waals surface area (Å²) in [5.74, 6) is 2.27. The molecule has 1 unspecified atom stereocenters. The summed E-state index contributed by atoms with van der Waals surface area (Å²) in [5, 5.41) is 3.49. The van der Waals surface area contributed by atoms with Gasteiger partial charge in [0.1, 0.15) is 12.4 Å². The molecule has 1 aliphatic heterocycles. The molecule has 0 spiro atoms. The van der Waals surface area contributed by atoms with Crippen LogP contribution in [0.15, 0.2) is 30.3 Å².